The molecule has 0 radical (unpaired) electrons. The lowest BCUT2D eigenvalue weighted by molar-refractivity contribution is 0.0935. The molecule has 0 unspecified atom stereocenters. The van der Waals surface area contributed by atoms with Crippen LogP contribution in [-0.2, 0) is 10.0 Å². The molecule has 0 aliphatic rings. The van der Waals surface area contributed by atoms with Gasteiger partial charge < -0.3 is 5.32 Å². The Balaban J connectivity index is 2.91. The molecule has 0 saturated heterocycles. The van der Waals surface area contributed by atoms with Gasteiger partial charge in [-0.15, -0.1) is 0 Å². The van der Waals surface area contributed by atoms with Crippen LogP contribution >= 0.6 is 0 Å². The zero-order chi connectivity index (χ0) is 15.6. The Morgan fingerprint density at radius 1 is 1.35 bits per heavy atom. The van der Waals surface area contributed by atoms with Crippen LogP contribution in [0.2, 0.25) is 0 Å². The van der Waals surface area contributed by atoms with Crippen LogP contribution in [0.5, 0.6) is 0 Å². The van der Waals surface area contributed by atoms with Gasteiger partial charge in [-0.3, -0.25) is 4.79 Å². The normalized spacial score (nSPS) is 12.2. The lowest BCUT2D eigenvalue weighted by Gasteiger charge is -2.23. The molecule has 112 valence electrons. The smallest absolute Gasteiger partial charge is 0.251 e. The van der Waals surface area contributed by atoms with Crippen molar-refractivity contribution in [2.45, 2.75) is 39.0 Å². The number of nitrogens with two attached hydrogens (primary N) is 1. The molecular weight excluding hydrogens is 276 g/mol. The van der Waals surface area contributed by atoms with E-state index in [4.69, 9.17) is 5.14 Å². The summed E-state index contributed by atoms with van der Waals surface area (Å²) in [5, 5.41) is 7.93. The Hall–Kier alpha value is -1.40. The maximum atomic E-state index is 12.1. The lowest BCUT2D eigenvalue weighted by Crippen LogP contribution is -2.34. The molecule has 6 heteroatoms. The predicted octanol–water partition coefficient (Wildman–Crippen LogP) is 1.81. The van der Waals surface area contributed by atoms with E-state index >= 15 is 0 Å². The van der Waals surface area contributed by atoms with Gasteiger partial charge in [-0.25, -0.2) is 13.6 Å². The predicted molar refractivity (Wildman–Crippen MR) is 79.0 cm³/mol. The van der Waals surface area contributed by atoms with Crippen LogP contribution in [0.3, 0.4) is 0 Å². The second-order valence-corrected chi connectivity index (χ2v) is 7.28. The molecule has 0 heterocycles. The number of hydrogen-bond acceptors (Lipinski definition) is 3. The molecule has 0 aliphatic carbocycles. The van der Waals surface area contributed by atoms with E-state index in [1.54, 1.807) is 6.92 Å². The second-order valence-electron chi connectivity index (χ2n) is 5.72. The molecule has 0 saturated carbocycles. The minimum atomic E-state index is -3.74. The molecule has 0 bridgehead atoms. The van der Waals surface area contributed by atoms with Crippen molar-refractivity contribution in [2.24, 2.45) is 10.6 Å². The summed E-state index contributed by atoms with van der Waals surface area (Å²) in [4.78, 5) is 12.1. The number of nitrogens with one attached hydrogen (secondary N) is 1. The highest BCUT2D eigenvalue weighted by Crippen LogP contribution is 2.19. The van der Waals surface area contributed by atoms with Crippen LogP contribution in [0.25, 0.3) is 0 Å². The van der Waals surface area contributed by atoms with E-state index in [1.807, 2.05) is 0 Å². The van der Waals surface area contributed by atoms with Crippen LogP contribution in [0.15, 0.2) is 23.1 Å². The maximum Gasteiger partial charge on any atom is 0.251 e. The zero-order valence-corrected chi connectivity index (χ0v) is 13.2. The van der Waals surface area contributed by atoms with Gasteiger partial charge in [0.25, 0.3) is 5.91 Å². The molecule has 0 aliphatic heterocycles. The van der Waals surface area contributed by atoms with Crippen LogP contribution in [0.1, 0.15) is 43.1 Å². The SMILES string of the molecule is CCC(C)(C)CNC(=O)c1ccc(S(N)(=O)=O)cc1C. The molecule has 1 aromatic carbocycles. The van der Waals surface area contributed by atoms with Gasteiger partial charge in [-0.1, -0.05) is 20.8 Å². The van der Waals surface area contributed by atoms with Crippen molar-refractivity contribution in [3.63, 3.8) is 0 Å². The molecule has 1 aromatic rings. The molecule has 0 fully saturated rings. The number of carbonyl (C=O) groups excluding carboxylic acids is 1. The monoisotopic (exact) mass is 298 g/mol. The number of primary sulfonamides is 1. The standard InChI is InChI=1S/C14H22N2O3S/c1-5-14(3,4)9-16-13(17)12-7-6-11(8-10(12)2)20(15,18)19/h6-8H,5,9H2,1-4H3,(H,16,17)(H2,15,18,19). The fourth-order valence-electron chi connectivity index (χ4n) is 1.61. The van der Waals surface area contributed by atoms with Crippen molar-refractivity contribution in [2.75, 3.05) is 6.54 Å². The Kier molecular flexibility index (Phi) is 4.94. The number of aryl methyl sites for hydroxylation is 1. The van der Waals surface area contributed by atoms with Crippen LogP contribution in [-0.4, -0.2) is 20.9 Å². The molecular formula is C14H22N2O3S. The first kappa shape index (κ1) is 16.7. The van der Waals surface area contributed by atoms with E-state index in [2.05, 4.69) is 26.1 Å². The molecule has 5 nitrogen and oxygen atoms in total. The van der Waals surface area contributed by atoms with Gasteiger partial charge in [0.2, 0.25) is 10.0 Å². The highest BCUT2D eigenvalue weighted by Gasteiger charge is 2.18. The first-order valence-corrected chi connectivity index (χ1v) is 8.03. The fraction of sp³-hybridized carbons (Fsp3) is 0.500. The average molecular weight is 298 g/mol. The molecule has 20 heavy (non-hydrogen) atoms. The first-order chi connectivity index (χ1) is 9.07. The summed E-state index contributed by atoms with van der Waals surface area (Å²) in [7, 11) is -3.74. The number of amides is 1. The second kappa shape index (κ2) is 5.93. The average Bonchev–Trinajstić information content (AvgIpc) is 2.35. The highest BCUT2D eigenvalue weighted by atomic mass is 32.2. The highest BCUT2D eigenvalue weighted by molar-refractivity contribution is 7.89. The Morgan fingerprint density at radius 3 is 2.40 bits per heavy atom. The van der Waals surface area contributed by atoms with Crippen molar-refractivity contribution >= 4 is 15.9 Å². The third-order valence-corrected chi connectivity index (χ3v) is 4.37. The molecule has 0 spiro atoms. The molecule has 0 atom stereocenters. The maximum absolute atomic E-state index is 12.1. The Labute approximate surface area is 120 Å². The van der Waals surface area contributed by atoms with Crippen molar-refractivity contribution < 1.29 is 13.2 Å². The first-order valence-electron chi connectivity index (χ1n) is 6.48. The van der Waals surface area contributed by atoms with Crippen molar-refractivity contribution in [3.8, 4) is 0 Å². The molecule has 1 rings (SSSR count). The van der Waals surface area contributed by atoms with Crippen LogP contribution in [0, 0.1) is 12.3 Å². The van der Waals surface area contributed by atoms with Crippen molar-refractivity contribution in [1.29, 1.82) is 0 Å². The third kappa shape index (κ3) is 4.31. The minimum absolute atomic E-state index is 0.0143. The van der Waals surface area contributed by atoms with Crippen molar-refractivity contribution in [1.82, 2.24) is 5.32 Å². The largest absolute Gasteiger partial charge is 0.351 e. The fourth-order valence-corrected chi connectivity index (χ4v) is 2.21. The van der Waals surface area contributed by atoms with Gasteiger partial charge in [0, 0.05) is 12.1 Å². The van der Waals surface area contributed by atoms with Crippen LogP contribution < -0.4 is 10.5 Å². The van der Waals surface area contributed by atoms with Crippen molar-refractivity contribution in [3.05, 3.63) is 29.3 Å². The quantitative estimate of drug-likeness (QED) is 0.868. The summed E-state index contributed by atoms with van der Waals surface area (Å²) in [5.41, 5.74) is 1.08. The van der Waals surface area contributed by atoms with Gasteiger partial charge >= 0.3 is 0 Å². The summed E-state index contributed by atoms with van der Waals surface area (Å²) >= 11 is 0. The summed E-state index contributed by atoms with van der Waals surface area (Å²) in [5.74, 6) is -0.204. The van der Waals surface area contributed by atoms with Gasteiger partial charge in [0.05, 0.1) is 4.90 Å². The van der Waals surface area contributed by atoms with Crippen LogP contribution in [0.4, 0.5) is 0 Å². The van der Waals surface area contributed by atoms with E-state index in [1.165, 1.54) is 18.2 Å². The summed E-state index contributed by atoms with van der Waals surface area (Å²) in [6.45, 7) is 8.47. The number of carbonyl (C=O) groups is 1. The number of sulfonamides is 1. The Bertz CT molecular complexity index is 607. The zero-order valence-electron chi connectivity index (χ0n) is 12.4. The molecule has 3 N–H and O–H groups in total. The lowest BCUT2D eigenvalue weighted by atomic mass is 9.90. The van der Waals surface area contributed by atoms with E-state index in [9.17, 15) is 13.2 Å². The van der Waals surface area contributed by atoms with Gasteiger partial charge in [0.15, 0.2) is 0 Å². The number of benzene rings is 1. The van der Waals surface area contributed by atoms with E-state index in [0.29, 0.717) is 17.7 Å². The minimum Gasteiger partial charge on any atom is -0.351 e. The Morgan fingerprint density at radius 2 is 1.95 bits per heavy atom. The summed E-state index contributed by atoms with van der Waals surface area (Å²) < 4.78 is 22.5. The topological polar surface area (TPSA) is 89.3 Å². The van der Waals surface area contributed by atoms with Gasteiger partial charge in [-0.2, -0.15) is 0 Å². The summed E-state index contributed by atoms with van der Waals surface area (Å²) in [6, 6.07) is 4.25. The van der Waals surface area contributed by atoms with E-state index in [0.717, 1.165) is 6.42 Å². The van der Waals surface area contributed by atoms with E-state index < -0.39 is 10.0 Å². The van der Waals surface area contributed by atoms with Gasteiger partial charge in [0.1, 0.15) is 0 Å². The molecule has 1 amide bonds. The number of rotatable bonds is 5. The summed E-state index contributed by atoms with van der Waals surface area (Å²) in [6.07, 6.45) is 0.955. The van der Waals surface area contributed by atoms with Gasteiger partial charge in [-0.05, 0) is 42.5 Å². The van der Waals surface area contributed by atoms with E-state index in [-0.39, 0.29) is 16.2 Å². The molecule has 0 aromatic heterocycles. The number of hydrogen-bond donors (Lipinski definition) is 2. The third-order valence-electron chi connectivity index (χ3n) is 3.46.